The van der Waals surface area contributed by atoms with Gasteiger partial charge in [0, 0.05) is 18.1 Å². The van der Waals surface area contributed by atoms with Crippen LogP contribution in [0.5, 0.6) is 5.75 Å². The Balaban J connectivity index is 2.05. The van der Waals surface area contributed by atoms with Crippen molar-refractivity contribution in [1.29, 1.82) is 0 Å². The molecule has 0 radical (unpaired) electrons. The molecule has 0 aliphatic carbocycles. The van der Waals surface area contributed by atoms with Crippen LogP contribution in [0.15, 0.2) is 18.2 Å². The highest BCUT2D eigenvalue weighted by molar-refractivity contribution is 6.30. The highest BCUT2D eigenvalue weighted by Gasteiger charge is 2.25. The summed E-state index contributed by atoms with van der Waals surface area (Å²) in [6.07, 6.45) is 3.10. The molecule has 0 spiro atoms. The standard InChI is InChI=1S/C15H21ClN2O2/c1-20-14-10-12(16)2-3-13(14)15(19)18-8-5-11(4-7-17)6-9-18/h2-3,10-11H,4-9,17H2,1H3. The van der Waals surface area contributed by atoms with Crippen LogP contribution in [0.3, 0.4) is 0 Å². The molecule has 2 rings (SSSR count). The van der Waals surface area contributed by atoms with E-state index in [1.165, 1.54) is 0 Å². The molecule has 110 valence electrons. The fourth-order valence-corrected chi connectivity index (χ4v) is 2.83. The summed E-state index contributed by atoms with van der Waals surface area (Å²) in [7, 11) is 1.55. The maximum atomic E-state index is 12.5. The quantitative estimate of drug-likeness (QED) is 0.929. The van der Waals surface area contributed by atoms with Crippen LogP contribution < -0.4 is 10.5 Å². The summed E-state index contributed by atoms with van der Waals surface area (Å²) in [5.74, 6) is 1.20. The molecule has 20 heavy (non-hydrogen) atoms. The molecule has 0 aromatic heterocycles. The average molecular weight is 297 g/mol. The second-order valence-corrected chi connectivity index (χ2v) is 5.59. The van der Waals surface area contributed by atoms with Crippen molar-refractivity contribution in [3.63, 3.8) is 0 Å². The van der Waals surface area contributed by atoms with Crippen LogP contribution in [0, 0.1) is 5.92 Å². The monoisotopic (exact) mass is 296 g/mol. The van der Waals surface area contributed by atoms with Gasteiger partial charge in [0.2, 0.25) is 0 Å². The lowest BCUT2D eigenvalue weighted by molar-refractivity contribution is 0.0684. The third-order valence-electron chi connectivity index (χ3n) is 3.87. The van der Waals surface area contributed by atoms with Gasteiger partial charge in [-0.3, -0.25) is 4.79 Å². The van der Waals surface area contributed by atoms with Gasteiger partial charge in [-0.1, -0.05) is 11.6 Å². The van der Waals surface area contributed by atoms with E-state index >= 15 is 0 Å². The number of rotatable bonds is 4. The largest absolute Gasteiger partial charge is 0.496 e. The van der Waals surface area contributed by atoms with Gasteiger partial charge in [-0.2, -0.15) is 0 Å². The molecule has 0 bridgehead atoms. The van der Waals surface area contributed by atoms with Gasteiger partial charge in [-0.25, -0.2) is 0 Å². The number of piperidine rings is 1. The van der Waals surface area contributed by atoms with E-state index in [-0.39, 0.29) is 5.91 Å². The number of carbonyl (C=O) groups is 1. The Hall–Kier alpha value is -1.26. The first-order chi connectivity index (χ1) is 9.65. The highest BCUT2D eigenvalue weighted by atomic mass is 35.5. The highest BCUT2D eigenvalue weighted by Crippen LogP contribution is 2.27. The van der Waals surface area contributed by atoms with Crippen LogP contribution in [0.25, 0.3) is 0 Å². The summed E-state index contributed by atoms with van der Waals surface area (Å²) >= 11 is 5.92. The Labute approximate surface area is 124 Å². The average Bonchev–Trinajstić information content (AvgIpc) is 2.47. The molecule has 1 aromatic carbocycles. The van der Waals surface area contributed by atoms with Crippen LogP contribution in [0.2, 0.25) is 5.02 Å². The van der Waals surface area contributed by atoms with Crippen LogP contribution in [0.4, 0.5) is 0 Å². The van der Waals surface area contributed by atoms with Gasteiger partial charge in [0.05, 0.1) is 12.7 Å². The van der Waals surface area contributed by atoms with E-state index in [1.54, 1.807) is 25.3 Å². The molecule has 1 saturated heterocycles. The minimum absolute atomic E-state index is 0.0183. The van der Waals surface area contributed by atoms with Gasteiger partial charge in [-0.15, -0.1) is 0 Å². The number of ether oxygens (including phenoxy) is 1. The molecule has 1 heterocycles. The van der Waals surface area contributed by atoms with Gasteiger partial charge in [0.25, 0.3) is 5.91 Å². The topological polar surface area (TPSA) is 55.6 Å². The maximum absolute atomic E-state index is 12.5. The van der Waals surface area contributed by atoms with Crippen molar-refractivity contribution in [3.8, 4) is 5.75 Å². The molecule has 4 nitrogen and oxygen atoms in total. The van der Waals surface area contributed by atoms with Crippen molar-refractivity contribution >= 4 is 17.5 Å². The zero-order chi connectivity index (χ0) is 14.5. The number of methoxy groups -OCH3 is 1. The lowest BCUT2D eigenvalue weighted by atomic mass is 9.93. The predicted molar refractivity (Wildman–Crippen MR) is 80.3 cm³/mol. The number of likely N-dealkylation sites (tertiary alicyclic amines) is 1. The molecule has 1 fully saturated rings. The molecule has 1 aliphatic heterocycles. The minimum atomic E-state index is 0.0183. The number of benzene rings is 1. The van der Waals surface area contributed by atoms with Crippen LogP contribution >= 0.6 is 11.6 Å². The van der Waals surface area contributed by atoms with Crippen molar-refractivity contribution in [2.24, 2.45) is 11.7 Å². The summed E-state index contributed by atoms with van der Waals surface area (Å²) in [6.45, 7) is 2.30. The Kier molecular flexibility index (Phi) is 5.26. The Morgan fingerprint density at radius 1 is 1.45 bits per heavy atom. The molecule has 1 aromatic rings. The molecular weight excluding hydrogens is 276 g/mol. The number of nitrogens with two attached hydrogens (primary N) is 1. The Bertz CT molecular complexity index is 471. The molecule has 5 heteroatoms. The smallest absolute Gasteiger partial charge is 0.257 e. The Morgan fingerprint density at radius 2 is 2.15 bits per heavy atom. The van der Waals surface area contributed by atoms with Gasteiger partial charge >= 0.3 is 0 Å². The number of carbonyl (C=O) groups excluding carboxylic acids is 1. The summed E-state index contributed by atoms with van der Waals surface area (Å²) in [5.41, 5.74) is 6.17. The predicted octanol–water partition coefficient (Wildman–Crippen LogP) is 2.55. The fourth-order valence-electron chi connectivity index (χ4n) is 2.67. The van der Waals surface area contributed by atoms with Crippen LogP contribution in [-0.4, -0.2) is 37.6 Å². The second-order valence-electron chi connectivity index (χ2n) is 5.16. The van der Waals surface area contributed by atoms with Crippen molar-refractivity contribution in [3.05, 3.63) is 28.8 Å². The molecule has 0 unspecified atom stereocenters. The van der Waals surface area contributed by atoms with E-state index in [4.69, 9.17) is 22.1 Å². The molecule has 0 saturated carbocycles. The number of amides is 1. The van der Waals surface area contributed by atoms with E-state index in [0.29, 0.717) is 22.3 Å². The normalized spacial score (nSPS) is 16.2. The van der Waals surface area contributed by atoms with E-state index < -0.39 is 0 Å². The van der Waals surface area contributed by atoms with E-state index in [0.717, 1.165) is 38.9 Å². The van der Waals surface area contributed by atoms with E-state index in [9.17, 15) is 4.79 Å². The second kappa shape index (κ2) is 6.95. The first-order valence-corrected chi connectivity index (χ1v) is 7.36. The number of hydrogen-bond acceptors (Lipinski definition) is 3. The van der Waals surface area contributed by atoms with Gasteiger partial charge in [0.1, 0.15) is 5.75 Å². The molecular formula is C15H21ClN2O2. The summed E-state index contributed by atoms with van der Waals surface area (Å²) < 4.78 is 5.25. The van der Waals surface area contributed by atoms with Crippen molar-refractivity contribution in [2.75, 3.05) is 26.7 Å². The van der Waals surface area contributed by atoms with Gasteiger partial charge in [-0.05, 0) is 49.9 Å². The van der Waals surface area contributed by atoms with E-state index in [2.05, 4.69) is 0 Å². The third kappa shape index (κ3) is 3.44. The molecule has 1 amide bonds. The number of nitrogens with zero attached hydrogens (tertiary/aromatic N) is 1. The maximum Gasteiger partial charge on any atom is 0.257 e. The van der Waals surface area contributed by atoms with Crippen molar-refractivity contribution in [1.82, 2.24) is 4.90 Å². The summed E-state index contributed by atoms with van der Waals surface area (Å²) in [6, 6.07) is 5.13. The Morgan fingerprint density at radius 3 is 2.75 bits per heavy atom. The number of halogens is 1. The third-order valence-corrected chi connectivity index (χ3v) is 4.11. The van der Waals surface area contributed by atoms with Crippen LogP contribution in [-0.2, 0) is 0 Å². The first-order valence-electron chi connectivity index (χ1n) is 6.98. The van der Waals surface area contributed by atoms with Crippen molar-refractivity contribution < 1.29 is 9.53 Å². The van der Waals surface area contributed by atoms with E-state index in [1.807, 2.05) is 4.90 Å². The SMILES string of the molecule is COc1cc(Cl)ccc1C(=O)N1CCC(CCN)CC1. The molecule has 1 aliphatic rings. The van der Waals surface area contributed by atoms with Crippen molar-refractivity contribution in [2.45, 2.75) is 19.3 Å². The summed E-state index contributed by atoms with van der Waals surface area (Å²) in [5, 5.41) is 0.569. The summed E-state index contributed by atoms with van der Waals surface area (Å²) in [4.78, 5) is 14.4. The lowest BCUT2D eigenvalue weighted by Crippen LogP contribution is -2.39. The molecule has 2 N–H and O–H groups in total. The lowest BCUT2D eigenvalue weighted by Gasteiger charge is -2.32. The van der Waals surface area contributed by atoms with Crippen LogP contribution in [0.1, 0.15) is 29.6 Å². The first kappa shape index (κ1) is 15.1. The van der Waals surface area contributed by atoms with Gasteiger partial charge < -0.3 is 15.4 Å². The zero-order valence-corrected chi connectivity index (χ0v) is 12.5. The zero-order valence-electron chi connectivity index (χ0n) is 11.8. The number of hydrogen-bond donors (Lipinski definition) is 1. The van der Waals surface area contributed by atoms with Gasteiger partial charge in [0.15, 0.2) is 0 Å². The fraction of sp³-hybridized carbons (Fsp3) is 0.533. The minimum Gasteiger partial charge on any atom is -0.496 e. The molecule has 0 atom stereocenters.